The van der Waals surface area contributed by atoms with E-state index >= 15 is 0 Å². The number of nitrogens with zero attached hydrogens (tertiary/aromatic N) is 3. The van der Waals surface area contributed by atoms with E-state index < -0.39 is 11.1 Å². The van der Waals surface area contributed by atoms with Gasteiger partial charge in [-0.3, -0.25) is 19.0 Å². The minimum Gasteiger partial charge on any atom is -0.506 e. The van der Waals surface area contributed by atoms with Crippen molar-refractivity contribution in [1.29, 1.82) is 0 Å². The number of halogens is 3. The quantitative estimate of drug-likeness (QED) is 0.197. The Bertz CT molecular complexity index is 1850. The minimum atomic E-state index is -0.703. The summed E-state index contributed by atoms with van der Waals surface area (Å²) in [7, 11) is 0. The first-order valence-corrected chi connectivity index (χ1v) is 14.2. The summed E-state index contributed by atoms with van der Waals surface area (Å²) in [6.07, 6.45) is 1.26. The molecule has 1 aliphatic rings. The molecule has 3 aromatic carbocycles. The summed E-state index contributed by atoms with van der Waals surface area (Å²) in [4.78, 5) is 41.3. The molecule has 0 saturated carbocycles. The largest absolute Gasteiger partial charge is 0.506 e. The second-order valence-corrected chi connectivity index (χ2v) is 11.9. The lowest BCUT2D eigenvalue weighted by atomic mass is 9.97. The van der Waals surface area contributed by atoms with E-state index in [1.807, 2.05) is 39.0 Å². The molecule has 1 N–H and O–H groups in total. The van der Waals surface area contributed by atoms with E-state index in [0.29, 0.717) is 40.9 Å². The van der Waals surface area contributed by atoms with Crippen LogP contribution in [0, 0.1) is 12.8 Å². The number of likely N-dealkylation sites (tertiary alicyclic amines) is 1. The van der Waals surface area contributed by atoms with Crippen LogP contribution in [0.5, 0.6) is 5.75 Å². The number of hydrogen-bond donors (Lipinski definition) is 1. The van der Waals surface area contributed by atoms with E-state index in [9.17, 15) is 19.5 Å². The average Bonchev–Trinajstić information content (AvgIpc) is 2.90. The lowest BCUT2D eigenvalue weighted by Gasteiger charge is -2.39. The molecule has 5 rings (SSSR count). The second-order valence-electron chi connectivity index (χ2n) is 10.6. The van der Waals surface area contributed by atoms with Crippen LogP contribution in [-0.2, 0) is 11.3 Å². The van der Waals surface area contributed by atoms with Crippen molar-refractivity contribution >= 4 is 51.7 Å². The Labute approximate surface area is 251 Å². The molecule has 2 heterocycles. The van der Waals surface area contributed by atoms with Gasteiger partial charge in [0.05, 0.1) is 31.8 Å². The summed E-state index contributed by atoms with van der Waals surface area (Å²) in [6.45, 7) is 10.6. The van der Waals surface area contributed by atoms with Gasteiger partial charge in [0, 0.05) is 36.7 Å². The molecule has 0 aliphatic carbocycles. The van der Waals surface area contributed by atoms with Crippen molar-refractivity contribution in [3.63, 3.8) is 0 Å². The van der Waals surface area contributed by atoms with Crippen molar-refractivity contribution in [3.8, 4) is 22.6 Å². The van der Waals surface area contributed by atoms with Gasteiger partial charge >= 0.3 is 11.1 Å². The minimum absolute atomic E-state index is 0.0270. The van der Waals surface area contributed by atoms with Crippen LogP contribution in [0.2, 0.25) is 15.1 Å². The smallest absolute Gasteiger partial charge is 0.321 e. The van der Waals surface area contributed by atoms with Crippen LogP contribution in [0.25, 0.3) is 27.8 Å². The van der Waals surface area contributed by atoms with E-state index in [1.54, 1.807) is 17.0 Å². The number of phenols is 1. The molecular weight excluding hydrogens is 585 g/mol. The molecule has 212 valence electrons. The van der Waals surface area contributed by atoms with Gasteiger partial charge in [0.25, 0.3) is 0 Å². The Morgan fingerprint density at radius 2 is 1.66 bits per heavy atom. The average molecular weight is 613 g/mol. The lowest BCUT2D eigenvalue weighted by molar-refractivity contribution is -0.132. The third kappa shape index (κ3) is 5.07. The van der Waals surface area contributed by atoms with E-state index in [1.165, 1.54) is 27.3 Å². The molecule has 0 radical (unpaired) electrons. The Morgan fingerprint density at radius 1 is 1.00 bits per heavy atom. The molecule has 10 heteroatoms. The Morgan fingerprint density at radius 3 is 2.32 bits per heavy atom. The topological polar surface area (TPSA) is 84.5 Å². The van der Waals surface area contributed by atoms with Gasteiger partial charge in [-0.2, -0.15) is 0 Å². The predicted molar refractivity (Wildman–Crippen MR) is 165 cm³/mol. The van der Waals surface area contributed by atoms with Crippen molar-refractivity contribution < 1.29 is 9.90 Å². The van der Waals surface area contributed by atoms with E-state index in [2.05, 4.69) is 6.58 Å². The molecule has 0 atom stereocenters. The summed E-state index contributed by atoms with van der Waals surface area (Å²) in [6, 6.07) is 12.0. The first-order valence-electron chi connectivity index (χ1n) is 13.1. The fourth-order valence-electron chi connectivity index (χ4n) is 5.44. The van der Waals surface area contributed by atoms with Gasteiger partial charge in [0.1, 0.15) is 5.75 Å². The zero-order valence-electron chi connectivity index (χ0n) is 22.7. The van der Waals surface area contributed by atoms with Crippen molar-refractivity contribution in [2.24, 2.45) is 5.92 Å². The molecule has 0 unspecified atom stereocenters. The number of aryl methyl sites for hydroxylation is 1. The van der Waals surface area contributed by atoms with Gasteiger partial charge in [0.2, 0.25) is 5.91 Å². The fraction of sp³-hybridized carbons (Fsp3) is 0.258. The zero-order valence-corrected chi connectivity index (χ0v) is 25.0. The Hall–Kier alpha value is -3.52. The highest BCUT2D eigenvalue weighted by Crippen LogP contribution is 2.41. The second kappa shape index (κ2) is 11.0. The molecule has 1 saturated heterocycles. The van der Waals surface area contributed by atoms with Gasteiger partial charge in [-0.15, -0.1) is 0 Å². The first kappa shape index (κ1) is 29.0. The number of aromatic nitrogens is 2. The van der Waals surface area contributed by atoms with E-state index in [-0.39, 0.29) is 45.1 Å². The number of benzene rings is 3. The zero-order chi connectivity index (χ0) is 29.7. The number of amides is 1. The molecule has 1 fully saturated rings. The van der Waals surface area contributed by atoms with Crippen LogP contribution in [0.15, 0.2) is 64.7 Å². The number of fused-ring (bicyclic) bond motifs is 1. The summed E-state index contributed by atoms with van der Waals surface area (Å²) >= 11 is 19.4. The molecule has 0 spiro atoms. The number of phenolic OH excluding ortho intramolecular Hbond substituents is 1. The van der Waals surface area contributed by atoms with E-state index in [4.69, 9.17) is 34.8 Å². The molecular formula is C31H28Cl3N3O4. The van der Waals surface area contributed by atoms with E-state index in [0.717, 1.165) is 11.1 Å². The number of carbonyl (C=O) groups excluding carboxylic acids is 1. The van der Waals surface area contributed by atoms with Gasteiger partial charge in [-0.1, -0.05) is 73.4 Å². The number of aromatic hydroxyl groups is 1. The van der Waals surface area contributed by atoms with Gasteiger partial charge in [-0.25, -0.2) is 0 Å². The summed E-state index contributed by atoms with van der Waals surface area (Å²) in [5, 5.41) is 10.9. The maximum Gasteiger partial charge on any atom is 0.321 e. The molecule has 1 aromatic heterocycles. The van der Waals surface area contributed by atoms with Crippen molar-refractivity contribution in [3.05, 3.63) is 102 Å². The Balaban J connectivity index is 1.82. The van der Waals surface area contributed by atoms with Crippen LogP contribution in [0.4, 0.5) is 0 Å². The number of carbonyl (C=O) groups is 1. The maximum absolute atomic E-state index is 14.0. The molecule has 1 aliphatic heterocycles. The monoisotopic (exact) mass is 611 g/mol. The third-order valence-electron chi connectivity index (χ3n) is 7.55. The molecule has 0 bridgehead atoms. The standard InChI is InChI=1S/C31H28Cl3N3O4/c1-5-28(39)35-13-18(14-35)15-36-25-12-23(33)20(21-10-27(38)24(34)11-22(21)32)9-26(25)37(31(41)30(36)40)29-17(4)7-6-8-19(29)16(2)3/h5-12,16,18,38H,1,13-15H2,2-4H3. The van der Waals surface area contributed by atoms with Crippen LogP contribution in [0.3, 0.4) is 0 Å². The van der Waals surface area contributed by atoms with Crippen LogP contribution in [0.1, 0.15) is 30.9 Å². The SMILES string of the molecule is C=CC(=O)N1CC(Cn2c(=O)c(=O)n(-c3c(C)cccc3C(C)C)c3cc(-c4cc(O)c(Cl)cc4Cl)c(Cl)cc32)C1. The molecule has 7 nitrogen and oxygen atoms in total. The fourth-order valence-corrected chi connectivity index (χ4v) is 6.18. The molecule has 1 amide bonds. The highest BCUT2D eigenvalue weighted by atomic mass is 35.5. The summed E-state index contributed by atoms with van der Waals surface area (Å²) in [5.41, 5.74) is 2.77. The third-order valence-corrected chi connectivity index (χ3v) is 8.48. The number of para-hydroxylation sites is 1. The van der Waals surface area contributed by atoms with Gasteiger partial charge in [-0.05, 0) is 54.3 Å². The Kier molecular flexibility index (Phi) is 7.81. The van der Waals surface area contributed by atoms with Crippen LogP contribution in [-0.4, -0.2) is 38.1 Å². The van der Waals surface area contributed by atoms with Gasteiger partial charge < -0.3 is 14.6 Å². The normalized spacial score (nSPS) is 13.6. The highest BCUT2D eigenvalue weighted by Gasteiger charge is 2.31. The van der Waals surface area contributed by atoms with Crippen molar-refractivity contribution in [1.82, 2.24) is 14.0 Å². The maximum atomic E-state index is 14.0. The van der Waals surface area contributed by atoms with Gasteiger partial charge in [0.15, 0.2) is 0 Å². The number of hydrogen-bond acceptors (Lipinski definition) is 4. The predicted octanol–water partition coefficient (Wildman–Crippen LogP) is 6.56. The number of rotatable bonds is 6. The summed E-state index contributed by atoms with van der Waals surface area (Å²) in [5.74, 6) is -0.312. The van der Waals surface area contributed by atoms with Crippen molar-refractivity contribution in [2.75, 3.05) is 13.1 Å². The van der Waals surface area contributed by atoms with Crippen LogP contribution < -0.4 is 11.1 Å². The summed E-state index contributed by atoms with van der Waals surface area (Å²) < 4.78 is 2.90. The van der Waals surface area contributed by atoms with Crippen molar-refractivity contribution in [2.45, 2.75) is 33.2 Å². The van der Waals surface area contributed by atoms with Crippen LogP contribution >= 0.6 is 34.8 Å². The molecule has 4 aromatic rings. The molecule has 41 heavy (non-hydrogen) atoms. The highest BCUT2D eigenvalue weighted by molar-refractivity contribution is 6.39. The lowest BCUT2D eigenvalue weighted by Crippen LogP contribution is -2.52. The first-order chi connectivity index (χ1) is 19.4.